The van der Waals surface area contributed by atoms with Crippen molar-refractivity contribution < 1.29 is 80.2 Å². The summed E-state index contributed by atoms with van der Waals surface area (Å²) in [6.45, 7) is 7.28. The highest BCUT2D eigenvalue weighted by molar-refractivity contribution is 7.47. The summed E-state index contributed by atoms with van der Waals surface area (Å²) in [6.07, 6.45) is 52.8. The van der Waals surface area contributed by atoms with Crippen LogP contribution in [0.3, 0.4) is 0 Å². The SMILES string of the molecule is CCCCCCCCCCCCCCC(=O)OC[C@H](COP(=O)(O)OC[C@@H](O)COP(=O)(O)OC[C@@H](COC(=O)CCCCCCCCCC)OC(=O)CCCCCCCCCCC)OC(=O)CCCCCCCCCCCCCCCCCCCCC(C)CC. The van der Waals surface area contributed by atoms with E-state index in [1.807, 2.05) is 0 Å². The Bertz CT molecular complexity index is 1760. The van der Waals surface area contributed by atoms with Crippen LogP contribution in [0, 0.1) is 5.92 Å². The molecule has 3 unspecified atom stereocenters. The van der Waals surface area contributed by atoms with Crippen molar-refractivity contribution in [2.75, 3.05) is 39.6 Å². The molecule has 0 aromatic carbocycles. The molecule has 0 aliphatic carbocycles. The van der Waals surface area contributed by atoms with Gasteiger partial charge in [0.25, 0.3) is 0 Å². The molecule has 0 fully saturated rings. The van der Waals surface area contributed by atoms with E-state index in [1.54, 1.807) is 0 Å². The summed E-state index contributed by atoms with van der Waals surface area (Å²) >= 11 is 0. The van der Waals surface area contributed by atoms with Gasteiger partial charge in [0.2, 0.25) is 0 Å². The second-order valence-electron chi connectivity index (χ2n) is 26.2. The predicted molar refractivity (Wildman–Crippen MR) is 368 cm³/mol. The van der Waals surface area contributed by atoms with E-state index in [0.29, 0.717) is 25.7 Å². The summed E-state index contributed by atoms with van der Waals surface area (Å²) < 4.78 is 68.2. The van der Waals surface area contributed by atoms with Crippen LogP contribution in [0.15, 0.2) is 0 Å². The molecule has 0 amide bonds. The predicted octanol–water partition coefficient (Wildman–Crippen LogP) is 20.9. The fourth-order valence-corrected chi connectivity index (χ4v) is 12.5. The van der Waals surface area contributed by atoms with Gasteiger partial charge in [0.1, 0.15) is 19.3 Å². The van der Waals surface area contributed by atoms with E-state index in [9.17, 15) is 43.2 Å². The molecule has 17 nitrogen and oxygen atoms in total. The van der Waals surface area contributed by atoms with Gasteiger partial charge in [0.05, 0.1) is 26.4 Å². The average molecular weight is 1340 g/mol. The highest BCUT2D eigenvalue weighted by Crippen LogP contribution is 2.45. The monoisotopic (exact) mass is 1340 g/mol. The average Bonchev–Trinajstić information content (AvgIpc) is 3.74. The van der Waals surface area contributed by atoms with Gasteiger partial charge in [0, 0.05) is 25.7 Å². The van der Waals surface area contributed by atoms with E-state index in [4.69, 9.17) is 37.0 Å². The number of ether oxygens (including phenoxy) is 4. The summed E-state index contributed by atoms with van der Waals surface area (Å²) in [6, 6.07) is 0. The minimum Gasteiger partial charge on any atom is -0.462 e. The Balaban J connectivity index is 5.12. The molecule has 0 spiro atoms. The maximum absolute atomic E-state index is 13.0. The van der Waals surface area contributed by atoms with Gasteiger partial charge in [-0.05, 0) is 31.6 Å². The molecule has 0 saturated carbocycles. The van der Waals surface area contributed by atoms with Crippen LogP contribution in [0.1, 0.15) is 375 Å². The van der Waals surface area contributed by atoms with E-state index in [2.05, 4.69) is 34.6 Å². The van der Waals surface area contributed by atoms with Crippen LogP contribution in [0.25, 0.3) is 0 Å². The zero-order valence-electron chi connectivity index (χ0n) is 59.0. The Hall–Kier alpha value is -1.94. The number of phosphoric ester groups is 2. The first-order chi connectivity index (χ1) is 44.1. The Morgan fingerprint density at radius 2 is 0.527 bits per heavy atom. The number of hydrogen-bond donors (Lipinski definition) is 3. The van der Waals surface area contributed by atoms with E-state index in [1.165, 1.54) is 193 Å². The van der Waals surface area contributed by atoms with Gasteiger partial charge >= 0.3 is 39.5 Å². The fraction of sp³-hybridized carbons (Fsp3) is 0.944. The van der Waals surface area contributed by atoms with Crippen LogP contribution >= 0.6 is 15.6 Å². The molecule has 0 aromatic heterocycles. The number of aliphatic hydroxyl groups is 1. The zero-order chi connectivity index (χ0) is 67.0. The summed E-state index contributed by atoms with van der Waals surface area (Å²) in [4.78, 5) is 72.4. The van der Waals surface area contributed by atoms with Crippen molar-refractivity contribution in [3.05, 3.63) is 0 Å². The molecular weight excluding hydrogens is 1200 g/mol. The van der Waals surface area contributed by atoms with Crippen LogP contribution in [0.4, 0.5) is 0 Å². The number of rotatable bonds is 72. The van der Waals surface area contributed by atoms with Gasteiger partial charge in [-0.15, -0.1) is 0 Å². The van der Waals surface area contributed by atoms with Gasteiger partial charge in [-0.2, -0.15) is 0 Å². The maximum Gasteiger partial charge on any atom is 0.472 e. The molecule has 0 heterocycles. The highest BCUT2D eigenvalue weighted by Gasteiger charge is 2.30. The van der Waals surface area contributed by atoms with Crippen LogP contribution in [-0.2, 0) is 65.4 Å². The number of carbonyl (C=O) groups excluding carboxylic acids is 4. The minimum absolute atomic E-state index is 0.106. The first-order valence-electron chi connectivity index (χ1n) is 37.7. The van der Waals surface area contributed by atoms with Crippen molar-refractivity contribution in [1.82, 2.24) is 0 Å². The summed E-state index contributed by atoms with van der Waals surface area (Å²) in [5.74, 6) is -1.25. The number of hydrogen-bond acceptors (Lipinski definition) is 15. The molecule has 0 aromatic rings. The number of phosphoric acid groups is 2. The van der Waals surface area contributed by atoms with Crippen LogP contribution < -0.4 is 0 Å². The first kappa shape index (κ1) is 89.1. The van der Waals surface area contributed by atoms with E-state index < -0.39 is 97.5 Å². The molecule has 0 aliphatic rings. The third-order valence-electron chi connectivity index (χ3n) is 17.1. The minimum atomic E-state index is -4.95. The molecule has 0 radical (unpaired) electrons. The second-order valence-corrected chi connectivity index (χ2v) is 29.1. The fourth-order valence-electron chi connectivity index (χ4n) is 11.0. The lowest BCUT2D eigenvalue weighted by atomic mass is 9.99. The molecule has 91 heavy (non-hydrogen) atoms. The largest absolute Gasteiger partial charge is 0.472 e. The standard InChI is InChI=1S/C72H140O17P2/c1-6-10-13-16-19-22-23-33-37-41-46-51-56-70(75)83-62-68(89-72(77)58-53-48-43-38-34-31-29-27-25-24-26-28-30-32-36-39-44-49-54-65(5)9-4)64-87-91(80,81)85-60-66(73)59-84-90(78,79)86-63-67(61-82-69(74)55-50-45-40-21-18-15-12-8-3)88-71(76)57-52-47-42-35-20-17-14-11-7-2/h65-68,73H,6-64H2,1-5H3,(H,78,79)(H,80,81)/t65?,66-,67+,68+/m0/s1. The van der Waals surface area contributed by atoms with Crippen molar-refractivity contribution in [3.8, 4) is 0 Å². The van der Waals surface area contributed by atoms with E-state index in [-0.39, 0.29) is 25.7 Å². The van der Waals surface area contributed by atoms with Gasteiger partial charge in [-0.25, -0.2) is 9.13 Å². The van der Waals surface area contributed by atoms with Crippen LogP contribution in [0.5, 0.6) is 0 Å². The van der Waals surface area contributed by atoms with Crippen LogP contribution in [0.2, 0.25) is 0 Å². The van der Waals surface area contributed by atoms with Crippen molar-refractivity contribution in [3.63, 3.8) is 0 Å². The third-order valence-corrected chi connectivity index (χ3v) is 19.0. The van der Waals surface area contributed by atoms with Crippen molar-refractivity contribution in [2.24, 2.45) is 5.92 Å². The topological polar surface area (TPSA) is 237 Å². The lowest BCUT2D eigenvalue weighted by molar-refractivity contribution is -0.161. The molecule has 19 heteroatoms. The van der Waals surface area contributed by atoms with Gasteiger partial charge in [0.15, 0.2) is 12.2 Å². The normalized spacial score (nSPS) is 14.3. The smallest absolute Gasteiger partial charge is 0.462 e. The molecule has 3 N–H and O–H groups in total. The second kappa shape index (κ2) is 65.4. The number of aliphatic hydroxyl groups excluding tert-OH is 1. The third kappa shape index (κ3) is 65.1. The van der Waals surface area contributed by atoms with Gasteiger partial charge < -0.3 is 33.8 Å². The molecule has 540 valence electrons. The van der Waals surface area contributed by atoms with E-state index in [0.717, 1.165) is 102 Å². The maximum atomic E-state index is 13.0. The van der Waals surface area contributed by atoms with Crippen molar-refractivity contribution in [2.45, 2.75) is 393 Å². The van der Waals surface area contributed by atoms with Gasteiger partial charge in [-0.3, -0.25) is 37.3 Å². The van der Waals surface area contributed by atoms with E-state index >= 15 is 0 Å². The Morgan fingerprint density at radius 3 is 0.780 bits per heavy atom. The molecule has 0 rings (SSSR count). The Labute approximate surface area is 556 Å². The summed E-state index contributed by atoms with van der Waals surface area (Å²) in [7, 11) is -9.89. The van der Waals surface area contributed by atoms with Crippen molar-refractivity contribution in [1.29, 1.82) is 0 Å². The Morgan fingerprint density at radius 1 is 0.308 bits per heavy atom. The molecule has 6 atom stereocenters. The quantitative estimate of drug-likeness (QED) is 0.0222. The number of unbranched alkanes of at least 4 members (excludes halogenated alkanes) is 43. The first-order valence-corrected chi connectivity index (χ1v) is 40.7. The number of carbonyl (C=O) groups is 4. The van der Waals surface area contributed by atoms with Crippen LogP contribution in [-0.4, -0.2) is 96.7 Å². The number of esters is 4. The van der Waals surface area contributed by atoms with Gasteiger partial charge in [-0.1, -0.05) is 324 Å². The van der Waals surface area contributed by atoms with Crippen molar-refractivity contribution >= 4 is 39.5 Å². The lowest BCUT2D eigenvalue weighted by Crippen LogP contribution is -2.30. The highest BCUT2D eigenvalue weighted by atomic mass is 31.2. The molecular formula is C72H140O17P2. The zero-order valence-corrected chi connectivity index (χ0v) is 60.8. The summed E-state index contributed by atoms with van der Waals surface area (Å²) in [5.41, 5.74) is 0. The lowest BCUT2D eigenvalue weighted by Gasteiger charge is -2.21. The summed E-state index contributed by atoms with van der Waals surface area (Å²) in [5, 5.41) is 10.6. The molecule has 0 saturated heterocycles. The molecule has 0 aliphatic heterocycles. The Kier molecular flexibility index (Phi) is 64.0. The molecule has 0 bridgehead atoms.